The van der Waals surface area contributed by atoms with Gasteiger partial charge in [0.25, 0.3) is 10.0 Å². The first-order chi connectivity index (χ1) is 13.9. The van der Waals surface area contributed by atoms with Gasteiger partial charge in [0, 0.05) is 26.2 Å². The number of sulfonamides is 1. The van der Waals surface area contributed by atoms with Crippen molar-refractivity contribution in [1.82, 2.24) is 14.1 Å². The Kier molecular flexibility index (Phi) is 6.71. The van der Waals surface area contributed by atoms with Crippen molar-refractivity contribution in [2.75, 3.05) is 39.8 Å². The third-order valence-corrected chi connectivity index (χ3v) is 6.73. The predicted octanol–water partition coefficient (Wildman–Crippen LogP) is 3.07. The maximum absolute atomic E-state index is 13.3. The van der Waals surface area contributed by atoms with Gasteiger partial charge in [0.05, 0.1) is 11.4 Å². The lowest BCUT2D eigenvalue weighted by atomic mass is 10.2. The molecule has 0 spiro atoms. The highest BCUT2D eigenvalue weighted by Gasteiger charge is 2.32. The van der Waals surface area contributed by atoms with Crippen molar-refractivity contribution in [2.45, 2.75) is 11.8 Å². The van der Waals surface area contributed by atoms with Gasteiger partial charge < -0.3 is 9.80 Å². The molecule has 29 heavy (non-hydrogen) atoms. The van der Waals surface area contributed by atoms with Crippen LogP contribution in [0.2, 0.25) is 0 Å². The molecule has 0 saturated carbocycles. The van der Waals surface area contributed by atoms with Crippen molar-refractivity contribution in [3.63, 3.8) is 0 Å². The summed E-state index contributed by atoms with van der Waals surface area (Å²) in [5, 5.41) is 0. The van der Waals surface area contributed by atoms with E-state index in [4.69, 9.17) is 0 Å². The van der Waals surface area contributed by atoms with Crippen LogP contribution in [-0.4, -0.2) is 68.3 Å². The topological polar surface area (TPSA) is 60.9 Å². The molecule has 0 bridgehead atoms. The minimum Gasteiger partial charge on any atom is -0.321 e. The smallest absolute Gasteiger partial charge is 0.321 e. The SMILES string of the molecule is Cc1ccc(S(=O)(=O)N(CC=Cc2ccccc2)C(=O)N2CCN(C)CC2)cc1. The lowest BCUT2D eigenvalue weighted by molar-refractivity contribution is 0.142. The van der Waals surface area contributed by atoms with Crippen molar-refractivity contribution in [2.24, 2.45) is 0 Å². The summed E-state index contributed by atoms with van der Waals surface area (Å²) < 4.78 is 27.5. The Morgan fingerprint density at radius 1 is 1.00 bits per heavy atom. The average Bonchev–Trinajstić information content (AvgIpc) is 2.72. The fourth-order valence-corrected chi connectivity index (χ4v) is 4.46. The average molecular weight is 414 g/mol. The molecule has 0 unspecified atom stereocenters. The first kappa shape index (κ1) is 21.1. The van der Waals surface area contributed by atoms with Gasteiger partial charge >= 0.3 is 6.03 Å². The van der Waals surface area contributed by atoms with Crippen molar-refractivity contribution in [1.29, 1.82) is 0 Å². The summed E-state index contributed by atoms with van der Waals surface area (Å²) in [6.07, 6.45) is 3.55. The molecule has 0 aromatic heterocycles. The van der Waals surface area contributed by atoms with Crippen molar-refractivity contribution in [3.05, 3.63) is 71.8 Å². The first-order valence-corrected chi connectivity index (χ1v) is 11.1. The maximum Gasteiger partial charge on any atom is 0.334 e. The Morgan fingerprint density at radius 3 is 2.24 bits per heavy atom. The van der Waals surface area contributed by atoms with Crippen LogP contribution in [-0.2, 0) is 10.0 Å². The van der Waals surface area contributed by atoms with Crippen molar-refractivity contribution < 1.29 is 13.2 Å². The van der Waals surface area contributed by atoms with Crippen LogP contribution in [0.5, 0.6) is 0 Å². The van der Waals surface area contributed by atoms with Gasteiger partial charge in [-0.3, -0.25) is 0 Å². The second-order valence-electron chi connectivity index (χ2n) is 7.24. The van der Waals surface area contributed by atoms with Gasteiger partial charge in [0.15, 0.2) is 0 Å². The molecule has 2 aromatic rings. The highest BCUT2D eigenvalue weighted by atomic mass is 32.2. The Balaban J connectivity index is 1.87. The Morgan fingerprint density at radius 2 is 1.62 bits per heavy atom. The molecule has 2 aromatic carbocycles. The summed E-state index contributed by atoms with van der Waals surface area (Å²) >= 11 is 0. The zero-order valence-electron chi connectivity index (χ0n) is 16.9. The lowest BCUT2D eigenvalue weighted by Crippen LogP contribution is -2.53. The highest BCUT2D eigenvalue weighted by Crippen LogP contribution is 2.19. The summed E-state index contributed by atoms with van der Waals surface area (Å²) in [7, 11) is -1.97. The van der Waals surface area contributed by atoms with E-state index in [0.29, 0.717) is 13.1 Å². The van der Waals surface area contributed by atoms with E-state index in [1.165, 1.54) is 0 Å². The molecule has 0 N–H and O–H groups in total. The number of benzene rings is 2. The third-order valence-electron chi connectivity index (χ3n) is 4.98. The normalized spacial score (nSPS) is 15.6. The van der Waals surface area contributed by atoms with E-state index in [1.54, 1.807) is 35.2 Å². The quantitative estimate of drug-likeness (QED) is 0.756. The Bertz CT molecular complexity index is 949. The molecule has 0 aliphatic carbocycles. The van der Waals surface area contributed by atoms with Gasteiger partial charge in [0.2, 0.25) is 0 Å². The second-order valence-corrected chi connectivity index (χ2v) is 9.10. The third kappa shape index (κ3) is 5.25. The largest absolute Gasteiger partial charge is 0.334 e. The minimum absolute atomic E-state index is 0.0176. The van der Waals surface area contributed by atoms with E-state index in [1.807, 2.05) is 50.4 Å². The number of hydrogen-bond donors (Lipinski definition) is 0. The van der Waals surface area contributed by atoms with E-state index in [2.05, 4.69) is 4.90 Å². The van der Waals surface area contributed by atoms with Crippen LogP contribution in [0.4, 0.5) is 4.79 Å². The number of aryl methyl sites for hydroxylation is 1. The minimum atomic E-state index is -3.96. The van der Waals surface area contributed by atoms with Crippen LogP contribution in [0.15, 0.2) is 65.6 Å². The van der Waals surface area contributed by atoms with Crippen LogP contribution in [0.1, 0.15) is 11.1 Å². The van der Waals surface area contributed by atoms with Crippen LogP contribution >= 0.6 is 0 Å². The molecule has 7 heteroatoms. The van der Waals surface area contributed by atoms with Crippen LogP contribution in [0, 0.1) is 6.92 Å². The van der Waals surface area contributed by atoms with E-state index in [0.717, 1.165) is 28.5 Å². The molecule has 1 aliphatic rings. The van der Waals surface area contributed by atoms with Gasteiger partial charge in [-0.15, -0.1) is 0 Å². The van der Waals surface area contributed by atoms with Gasteiger partial charge in [-0.25, -0.2) is 17.5 Å². The number of carbonyl (C=O) groups is 1. The molecule has 0 radical (unpaired) electrons. The molecular formula is C22H27N3O3S. The number of amides is 2. The molecular weight excluding hydrogens is 386 g/mol. The maximum atomic E-state index is 13.3. The molecule has 1 heterocycles. The molecule has 1 saturated heterocycles. The number of carbonyl (C=O) groups excluding carboxylic acids is 1. The molecule has 154 valence electrons. The van der Waals surface area contributed by atoms with Gasteiger partial charge in [-0.05, 0) is 31.7 Å². The van der Waals surface area contributed by atoms with Crippen LogP contribution in [0.3, 0.4) is 0 Å². The van der Waals surface area contributed by atoms with Crippen molar-refractivity contribution in [3.8, 4) is 0 Å². The summed E-state index contributed by atoms with van der Waals surface area (Å²) in [6, 6.07) is 15.7. The first-order valence-electron chi connectivity index (χ1n) is 9.66. The number of urea groups is 1. The number of nitrogens with zero attached hydrogens (tertiary/aromatic N) is 3. The molecule has 0 atom stereocenters. The fraction of sp³-hybridized carbons (Fsp3) is 0.318. The van der Waals surface area contributed by atoms with E-state index < -0.39 is 16.1 Å². The number of likely N-dealkylation sites (N-methyl/N-ethyl adjacent to an activating group) is 1. The van der Waals surface area contributed by atoms with E-state index >= 15 is 0 Å². The number of rotatable bonds is 5. The second kappa shape index (κ2) is 9.24. The van der Waals surface area contributed by atoms with E-state index in [-0.39, 0.29) is 11.4 Å². The molecule has 1 aliphatic heterocycles. The van der Waals surface area contributed by atoms with Gasteiger partial charge in [-0.1, -0.05) is 60.2 Å². The summed E-state index contributed by atoms with van der Waals surface area (Å²) in [4.78, 5) is 17.0. The summed E-state index contributed by atoms with van der Waals surface area (Å²) in [5.41, 5.74) is 1.91. The van der Waals surface area contributed by atoms with Crippen LogP contribution < -0.4 is 0 Å². The fourth-order valence-electron chi connectivity index (χ4n) is 3.12. The molecule has 2 amide bonds. The summed E-state index contributed by atoms with van der Waals surface area (Å²) in [5.74, 6) is 0. The van der Waals surface area contributed by atoms with E-state index in [9.17, 15) is 13.2 Å². The highest BCUT2D eigenvalue weighted by molar-refractivity contribution is 7.89. The molecule has 6 nitrogen and oxygen atoms in total. The standard InChI is InChI=1S/C22H27N3O3S/c1-19-10-12-21(13-11-19)29(27,28)25(14-6-9-20-7-4-3-5-8-20)22(26)24-17-15-23(2)16-18-24/h3-13H,14-18H2,1-2H3. The Labute approximate surface area is 173 Å². The van der Waals surface area contributed by atoms with Gasteiger partial charge in [-0.2, -0.15) is 0 Å². The predicted molar refractivity (Wildman–Crippen MR) is 115 cm³/mol. The van der Waals surface area contributed by atoms with Crippen LogP contribution in [0.25, 0.3) is 6.08 Å². The lowest BCUT2D eigenvalue weighted by Gasteiger charge is -2.35. The monoisotopic (exact) mass is 413 g/mol. The number of hydrogen-bond acceptors (Lipinski definition) is 4. The van der Waals surface area contributed by atoms with Gasteiger partial charge in [0.1, 0.15) is 0 Å². The van der Waals surface area contributed by atoms with Crippen molar-refractivity contribution >= 4 is 22.1 Å². The number of piperazine rings is 1. The summed E-state index contributed by atoms with van der Waals surface area (Å²) in [6.45, 7) is 4.35. The Hall–Kier alpha value is -2.64. The molecule has 1 fully saturated rings. The molecule has 3 rings (SSSR count). The zero-order valence-corrected chi connectivity index (χ0v) is 17.7. The zero-order chi connectivity index (χ0) is 20.9.